The lowest BCUT2D eigenvalue weighted by Crippen LogP contribution is -2.11. The van der Waals surface area contributed by atoms with E-state index in [0.717, 1.165) is 18.5 Å². The number of rotatable bonds is 7. The maximum Gasteiger partial charge on any atom is 0.310 e. The van der Waals surface area contributed by atoms with Crippen LogP contribution in [0.4, 0.5) is 5.69 Å². The van der Waals surface area contributed by atoms with Gasteiger partial charge in [-0.25, -0.2) is 0 Å². The molecule has 1 aromatic carbocycles. The van der Waals surface area contributed by atoms with Crippen molar-refractivity contribution in [1.29, 1.82) is 0 Å². The molecule has 0 aliphatic rings. The van der Waals surface area contributed by atoms with E-state index in [1.807, 2.05) is 0 Å². The van der Waals surface area contributed by atoms with Crippen molar-refractivity contribution in [1.82, 2.24) is 5.16 Å². The summed E-state index contributed by atoms with van der Waals surface area (Å²) in [7, 11) is 0. The minimum absolute atomic E-state index is 0.167. The van der Waals surface area contributed by atoms with Crippen LogP contribution in [0, 0.1) is 0 Å². The molecule has 1 aromatic heterocycles. The molecule has 0 radical (unpaired) electrons. The fraction of sp³-hybridized carbons (Fsp3) is 0.389. The Hall–Kier alpha value is -2.63. The van der Waals surface area contributed by atoms with Gasteiger partial charge in [0.1, 0.15) is 0 Å². The summed E-state index contributed by atoms with van der Waals surface area (Å²) >= 11 is 0. The highest BCUT2D eigenvalue weighted by Crippen LogP contribution is 2.23. The molecule has 1 amide bonds. The molecule has 0 saturated carbocycles. The standard InChI is InChI=1S/C18H22N2O4/c1-4-12(5-2)15-10-16(24-20-15)17(21)19-14-8-6-13(7-9-14)11(3)18(22)23/h6-12H,4-5H2,1-3H3,(H,19,21)(H,22,23). The van der Waals surface area contributed by atoms with Crippen LogP contribution >= 0.6 is 0 Å². The molecule has 0 fully saturated rings. The zero-order valence-corrected chi connectivity index (χ0v) is 14.1. The van der Waals surface area contributed by atoms with Crippen LogP contribution in [-0.4, -0.2) is 22.1 Å². The van der Waals surface area contributed by atoms with Crippen molar-refractivity contribution in [3.05, 3.63) is 47.3 Å². The largest absolute Gasteiger partial charge is 0.481 e. The van der Waals surface area contributed by atoms with Gasteiger partial charge >= 0.3 is 5.97 Å². The molecular formula is C18H22N2O4. The average molecular weight is 330 g/mol. The molecule has 6 nitrogen and oxygen atoms in total. The number of anilines is 1. The quantitative estimate of drug-likeness (QED) is 0.800. The van der Waals surface area contributed by atoms with Gasteiger partial charge in [-0.05, 0) is 37.5 Å². The van der Waals surface area contributed by atoms with Crippen LogP contribution in [0.5, 0.6) is 0 Å². The number of hydrogen-bond donors (Lipinski definition) is 2. The first-order chi connectivity index (χ1) is 11.5. The van der Waals surface area contributed by atoms with E-state index >= 15 is 0 Å². The van der Waals surface area contributed by atoms with E-state index < -0.39 is 11.9 Å². The van der Waals surface area contributed by atoms with Gasteiger partial charge in [0.25, 0.3) is 5.91 Å². The van der Waals surface area contributed by atoms with E-state index in [1.54, 1.807) is 37.3 Å². The Labute approximate surface area is 140 Å². The number of nitrogens with one attached hydrogen (secondary N) is 1. The number of aliphatic carboxylic acids is 1. The average Bonchev–Trinajstić information content (AvgIpc) is 3.06. The summed E-state index contributed by atoms with van der Waals surface area (Å²) in [6.45, 7) is 5.76. The number of carbonyl (C=O) groups is 2. The molecule has 2 aromatic rings. The fourth-order valence-electron chi connectivity index (χ4n) is 2.49. The number of aromatic nitrogens is 1. The minimum atomic E-state index is -0.887. The molecule has 1 heterocycles. The van der Waals surface area contributed by atoms with Crippen LogP contribution in [0.1, 0.15) is 67.3 Å². The highest BCUT2D eigenvalue weighted by Gasteiger charge is 2.18. The number of carboxylic acids is 1. The smallest absolute Gasteiger partial charge is 0.310 e. The Kier molecular flexibility index (Phi) is 5.73. The Balaban J connectivity index is 2.06. The normalized spacial score (nSPS) is 12.2. The zero-order valence-electron chi connectivity index (χ0n) is 14.1. The molecule has 0 spiro atoms. The molecule has 1 atom stereocenters. The predicted molar refractivity (Wildman–Crippen MR) is 90.3 cm³/mol. The molecule has 2 N–H and O–H groups in total. The highest BCUT2D eigenvalue weighted by atomic mass is 16.5. The van der Waals surface area contributed by atoms with Crippen molar-refractivity contribution in [3.8, 4) is 0 Å². The summed E-state index contributed by atoms with van der Waals surface area (Å²) in [6, 6.07) is 8.39. The maximum absolute atomic E-state index is 12.2. The number of benzene rings is 1. The minimum Gasteiger partial charge on any atom is -0.481 e. The second-order valence-electron chi connectivity index (χ2n) is 5.77. The summed E-state index contributed by atoms with van der Waals surface area (Å²) in [5, 5.41) is 15.7. The van der Waals surface area contributed by atoms with Gasteiger partial charge in [0.2, 0.25) is 5.76 Å². The number of nitrogens with zero attached hydrogens (tertiary/aromatic N) is 1. The fourth-order valence-corrected chi connectivity index (χ4v) is 2.49. The van der Waals surface area contributed by atoms with Crippen LogP contribution < -0.4 is 5.32 Å². The van der Waals surface area contributed by atoms with Gasteiger partial charge in [0.15, 0.2) is 0 Å². The third-order valence-electron chi connectivity index (χ3n) is 4.20. The molecule has 2 rings (SSSR count). The van der Waals surface area contributed by atoms with E-state index in [-0.39, 0.29) is 17.6 Å². The number of amides is 1. The van der Waals surface area contributed by atoms with Crippen LogP contribution in [0.3, 0.4) is 0 Å². The summed E-state index contributed by atoms with van der Waals surface area (Å²) in [6.07, 6.45) is 1.88. The van der Waals surface area contributed by atoms with Gasteiger partial charge in [-0.1, -0.05) is 31.1 Å². The van der Waals surface area contributed by atoms with Gasteiger partial charge in [0, 0.05) is 17.7 Å². The first-order valence-corrected chi connectivity index (χ1v) is 8.06. The van der Waals surface area contributed by atoms with Crippen LogP contribution in [-0.2, 0) is 4.79 Å². The van der Waals surface area contributed by atoms with Crippen molar-refractivity contribution in [2.45, 2.75) is 45.4 Å². The molecule has 128 valence electrons. The Morgan fingerprint density at radius 3 is 2.38 bits per heavy atom. The summed E-state index contributed by atoms with van der Waals surface area (Å²) in [5.74, 6) is -1.40. The molecule has 1 unspecified atom stereocenters. The van der Waals surface area contributed by atoms with Crippen LogP contribution in [0.25, 0.3) is 0 Å². The van der Waals surface area contributed by atoms with Crippen molar-refractivity contribution in [2.75, 3.05) is 5.32 Å². The highest BCUT2D eigenvalue weighted by molar-refractivity contribution is 6.02. The van der Waals surface area contributed by atoms with Gasteiger partial charge in [-0.2, -0.15) is 0 Å². The van der Waals surface area contributed by atoms with Crippen molar-refractivity contribution in [3.63, 3.8) is 0 Å². The summed E-state index contributed by atoms with van der Waals surface area (Å²) in [4.78, 5) is 23.2. The number of carboxylic acid groups (broad SMARTS) is 1. The monoisotopic (exact) mass is 330 g/mol. The number of carbonyl (C=O) groups excluding carboxylic acids is 1. The number of hydrogen-bond acceptors (Lipinski definition) is 4. The lowest BCUT2D eigenvalue weighted by atomic mass is 9.99. The first-order valence-electron chi connectivity index (χ1n) is 8.06. The van der Waals surface area contributed by atoms with Crippen molar-refractivity contribution < 1.29 is 19.2 Å². The van der Waals surface area contributed by atoms with Crippen LogP contribution in [0.2, 0.25) is 0 Å². The second-order valence-corrected chi connectivity index (χ2v) is 5.77. The van der Waals surface area contributed by atoms with Gasteiger partial charge < -0.3 is 14.9 Å². The Bertz CT molecular complexity index is 702. The molecule has 0 aliphatic carbocycles. The van der Waals surface area contributed by atoms with Crippen molar-refractivity contribution >= 4 is 17.6 Å². The predicted octanol–water partition coefficient (Wildman–Crippen LogP) is 4.02. The summed E-state index contributed by atoms with van der Waals surface area (Å²) in [5.41, 5.74) is 2.04. The second kappa shape index (κ2) is 7.77. The lowest BCUT2D eigenvalue weighted by molar-refractivity contribution is -0.138. The molecular weight excluding hydrogens is 308 g/mol. The van der Waals surface area contributed by atoms with Gasteiger partial charge in [-0.3, -0.25) is 9.59 Å². The molecule has 0 bridgehead atoms. The Morgan fingerprint density at radius 1 is 1.21 bits per heavy atom. The first kappa shape index (κ1) is 17.7. The zero-order chi connectivity index (χ0) is 17.7. The van der Waals surface area contributed by atoms with E-state index in [2.05, 4.69) is 24.3 Å². The molecule has 0 aliphatic heterocycles. The van der Waals surface area contributed by atoms with E-state index in [0.29, 0.717) is 11.3 Å². The Morgan fingerprint density at radius 2 is 1.83 bits per heavy atom. The van der Waals surface area contributed by atoms with E-state index in [9.17, 15) is 9.59 Å². The molecule has 6 heteroatoms. The van der Waals surface area contributed by atoms with Crippen molar-refractivity contribution in [2.24, 2.45) is 0 Å². The molecule has 0 saturated heterocycles. The third kappa shape index (κ3) is 4.01. The van der Waals surface area contributed by atoms with E-state index in [4.69, 9.17) is 9.63 Å². The summed E-state index contributed by atoms with van der Waals surface area (Å²) < 4.78 is 5.14. The lowest BCUT2D eigenvalue weighted by Gasteiger charge is -2.08. The van der Waals surface area contributed by atoms with Gasteiger partial charge in [0.05, 0.1) is 11.6 Å². The van der Waals surface area contributed by atoms with Gasteiger partial charge in [-0.15, -0.1) is 0 Å². The maximum atomic E-state index is 12.2. The van der Waals surface area contributed by atoms with Crippen LogP contribution in [0.15, 0.2) is 34.9 Å². The SMILES string of the molecule is CCC(CC)c1cc(C(=O)Nc2ccc(C(C)C(=O)O)cc2)on1. The third-order valence-corrected chi connectivity index (χ3v) is 4.20. The topological polar surface area (TPSA) is 92.4 Å². The van der Waals surface area contributed by atoms with E-state index in [1.165, 1.54) is 0 Å². The molecule has 24 heavy (non-hydrogen) atoms.